The van der Waals surface area contributed by atoms with Gasteiger partial charge in [0.25, 0.3) is 11.8 Å². The van der Waals surface area contributed by atoms with E-state index in [9.17, 15) is 9.59 Å². The topological polar surface area (TPSA) is 90.8 Å². The van der Waals surface area contributed by atoms with E-state index in [0.717, 1.165) is 11.1 Å². The van der Waals surface area contributed by atoms with Crippen molar-refractivity contribution in [2.75, 3.05) is 0 Å². The third-order valence-corrected chi connectivity index (χ3v) is 3.21. The Bertz CT molecular complexity index is 769. The highest BCUT2D eigenvalue weighted by molar-refractivity contribution is 6.30. The molecule has 0 spiro atoms. The number of benzene rings is 2. The predicted octanol–water partition coefficient (Wildman–Crippen LogP) is 2.62. The molecular formula is C17H14ClN3O3. The van der Waals surface area contributed by atoms with Crippen molar-refractivity contribution in [1.82, 2.24) is 10.9 Å². The number of rotatable bonds is 5. The van der Waals surface area contributed by atoms with Gasteiger partial charge >= 0.3 is 0 Å². The average molecular weight is 344 g/mol. The quantitative estimate of drug-likeness (QED) is 0.337. The first-order valence-electron chi connectivity index (χ1n) is 6.89. The third kappa shape index (κ3) is 5.35. The highest BCUT2D eigenvalue weighted by atomic mass is 35.5. The number of hydroxylamine groups is 1. The molecule has 0 radical (unpaired) electrons. The molecule has 0 heterocycles. The van der Waals surface area contributed by atoms with Crippen LogP contribution in [0.2, 0.25) is 5.02 Å². The molecular weight excluding hydrogens is 330 g/mol. The summed E-state index contributed by atoms with van der Waals surface area (Å²) < 4.78 is 0. The van der Waals surface area contributed by atoms with Gasteiger partial charge in [-0.25, -0.2) is 10.9 Å². The number of hydrazone groups is 1. The van der Waals surface area contributed by atoms with Crippen LogP contribution in [-0.2, 0) is 4.79 Å². The van der Waals surface area contributed by atoms with Gasteiger partial charge in [0.1, 0.15) is 0 Å². The first kappa shape index (κ1) is 17.4. The lowest BCUT2D eigenvalue weighted by Crippen LogP contribution is -2.17. The molecule has 0 atom stereocenters. The Morgan fingerprint density at radius 1 is 1.00 bits per heavy atom. The Morgan fingerprint density at radius 3 is 2.25 bits per heavy atom. The molecule has 0 unspecified atom stereocenters. The molecule has 0 saturated carbocycles. The molecule has 0 aliphatic carbocycles. The molecule has 122 valence electrons. The number of nitrogens with zero attached hydrogens (tertiary/aromatic N) is 1. The smallest absolute Gasteiger partial charge is 0.271 e. The van der Waals surface area contributed by atoms with Crippen molar-refractivity contribution in [3.63, 3.8) is 0 Å². The summed E-state index contributed by atoms with van der Waals surface area (Å²) in [5.74, 6) is -0.942. The van der Waals surface area contributed by atoms with Gasteiger partial charge in [0, 0.05) is 16.7 Å². The molecule has 24 heavy (non-hydrogen) atoms. The molecule has 0 aliphatic heterocycles. The molecule has 0 saturated heterocycles. The second-order valence-corrected chi connectivity index (χ2v) is 5.12. The van der Waals surface area contributed by atoms with Gasteiger partial charge in [-0.1, -0.05) is 35.9 Å². The van der Waals surface area contributed by atoms with E-state index in [4.69, 9.17) is 16.8 Å². The summed E-state index contributed by atoms with van der Waals surface area (Å²) in [5.41, 5.74) is 5.94. The Kier molecular flexibility index (Phi) is 6.24. The Labute approximate surface area is 143 Å². The number of hydrogen-bond acceptors (Lipinski definition) is 4. The largest absolute Gasteiger partial charge is 0.288 e. The lowest BCUT2D eigenvalue weighted by molar-refractivity contribution is -0.124. The molecule has 2 amide bonds. The fourth-order valence-corrected chi connectivity index (χ4v) is 1.86. The van der Waals surface area contributed by atoms with Crippen molar-refractivity contribution in [3.05, 3.63) is 76.3 Å². The molecule has 0 bridgehead atoms. The number of hydrogen-bond donors (Lipinski definition) is 3. The van der Waals surface area contributed by atoms with Gasteiger partial charge in [0.2, 0.25) is 0 Å². The molecule has 2 aromatic carbocycles. The van der Waals surface area contributed by atoms with Crippen molar-refractivity contribution < 1.29 is 14.8 Å². The van der Waals surface area contributed by atoms with E-state index in [1.54, 1.807) is 54.6 Å². The lowest BCUT2D eigenvalue weighted by Gasteiger charge is -2.00. The first-order chi connectivity index (χ1) is 11.6. The predicted molar refractivity (Wildman–Crippen MR) is 91.9 cm³/mol. The third-order valence-electron chi connectivity index (χ3n) is 2.96. The highest BCUT2D eigenvalue weighted by Crippen LogP contribution is 2.09. The monoisotopic (exact) mass is 343 g/mol. The van der Waals surface area contributed by atoms with Gasteiger partial charge in [-0.2, -0.15) is 5.10 Å². The number of halogens is 1. The summed E-state index contributed by atoms with van der Waals surface area (Å²) in [4.78, 5) is 22.7. The van der Waals surface area contributed by atoms with Crippen LogP contribution in [0.25, 0.3) is 6.08 Å². The Morgan fingerprint density at radius 2 is 1.62 bits per heavy atom. The highest BCUT2D eigenvalue weighted by Gasteiger charge is 2.02. The second kappa shape index (κ2) is 8.61. The van der Waals surface area contributed by atoms with Gasteiger partial charge in [0.05, 0.1) is 6.21 Å². The minimum atomic E-state index is -0.606. The maximum Gasteiger partial charge on any atom is 0.271 e. The lowest BCUT2D eigenvalue weighted by atomic mass is 10.1. The summed E-state index contributed by atoms with van der Waals surface area (Å²) in [7, 11) is 0. The van der Waals surface area contributed by atoms with Gasteiger partial charge in [-0.3, -0.25) is 14.8 Å². The van der Waals surface area contributed by atoms with Crippen molar-refractivity contribution >= 4 is 35.7 Å². The van der Waals surface area contributed by atoms with Crippen LogP contribution in [0.15, 0.2) is 59.7 Å². The number of carbonyl (C=O) groups is 2. The minimum absolute atomic E-state index is 0.336. The molecule has 0 aliphatic rings. The van der Waals surface area contributed by atoms with Crippen LogP contribution in [0.3, 0.4) is 0 Å². The van der Waals surface area contributed by atoms with Crippen molar-refractivity contribution in [2.24, 2.45) is 5.10 Å². The number of carbonyl (C=O) groups excluding carboxylic acids is 2. The minimum Gasteiger partial charge on any atom is -0.288 e. The fraction of sp³-hybridized carbons (Fsp3) is 0. The van der Waals surface area contributed by atoms with Gasteiger partial charge in [-0.15, -0.1) is 0 Å². The molecule has 6 nitrogen and oxygen atoms in total. The Balaban J connectivity index is 1.92. The summed E-state index contributed by atoms with van der Waals surface area (Å²) >= 11 is 5.76. The summed E-state index contributed by atoms with van der Waals surface area (Å²) in [6, 6.07) is 13.6. The maximum absolute atomic E-state index is 11.8. The molecule has 2 rings (SSSR count). The SMILES string of the molecule is O=C(/C=C/c1ccc(C=NNC(=O)c2ccc(Cl)cc2)cc1)NO. The van der Waals surface area contributed by atoms with E-state index >= 15 is 0 Å². The van der Waals surface area contributed by atoms with Gasteiger partial charge in [0.15, 0.2) is 0 Å². The normalized spacial score (nSPS) is 10.9. The standard InChI is InChI=1S/C17H14ClN3O3/c18-15-8-6-14(7-9-15)17(23)20-19-11-13-3-1-12(2-4-13)5-10-16(22)21-24/h1-11,24H,(H,20,23)(H,21,22)/b10-5+,19-11?. The molecule has 3 N–H and O–H groups in total. The van der Waals surface area contributed by atoms with Gasteiger partial charge < -0.3 is 0 Å². The molecule has 0 fully saturated rings. The van der Waals surface area contributed by atoms with Crippen LogP contribution in [0.4, 0.5) is 0 Å². The van der Waals surface area contributed by atoms with Crippen LogP contribution in [0.5, 0.6) is 0 Å². The zero-order chi connectivity index (χ0) is 17.4. The Hall–Kier alpha value is -2.96. The zero-order valence-corrected chi connectivity index (χ0v) is 13.2. The molecule has 7 heteroatoms. The zero-order valence-electron chi connectivity index (χ0n) is 12.4. The molecule has 0 aromatic heterocycles. The van der Waals surface area contributed by atoms with Crippen molar-refractivity contribution in [2.45, 2.75) is 0 Å². The van der Waals surface area contributed by atoms with E-state index in [-0.39, 0.29) is 5.91 Å². The number of nitrogens with one attached hydrogen (secondary N) is 2. The van der Waals surface area contributed by atoms with E-state index < -0.39 is 5.91 Å². The molecule has 2 aromatic rings. The van der Waals surface area contributed by atoms with E-state index in [1.807, 2.05) is 0 Å². The van der Waals surface area contributed by atoms with Crippen LogP contribution >= 0.6 is 11.6 Å². The van der Waals surface area contributed by atoms with E-state index in [0.29, 0.717) is 10.6 Å². The summed E-state index contributed by atoms with van der Waals surface area (Å²) in [6.45, 7) is 0. The van der Waals surface area contributed by atoms with E-state index in [1.165, 1.54) is 17.8 Å². The first-order valence-corrected chi connectivity index (χ1v) is 7.27. The van der Waals surface area contributed by atoms with Crippen LogP contribution < -0.4 is 10.9 Å². The van der Waals surface area contributed by atoms with Crippen molar-refractivity contribution in [1.29, 1.82) is 0 Å². The van der Waals surface area contributed by atoms with Crippen LogP contribution in [0, 0.1) is 0 Å². The van der Waals surface area contributed by atoms with E-state index in [2.05, 4.69) is 10.5 Å². The summed E-state index contributed by atoms with van der Waals surface area (Å²) in [5, 5.41) is 12.8. The van der Waals surface area contributed by atoms with Crippen molar-refractivity contribution in [3.8, 4) is 0 Å². The fourth-order valence-electron chi connectivity index (χ4n) is 1.73. The number of amides is 2. The summed E-state index contributed by atoms with van der Waals surface area (Å²) in [6.07, 6.45) is 4.26. The maximum atomic E-state index is 11.8. The van der Waals surface area contributed by atoms with Crippen LogP contribution in [-0.4, -0.2) is 23.2 Å². The average Bonchev–Trinajstić information content (AvgIpc) is 2.61. The second-order valence-electron chi connectivity index (χ2n) is 4.68. The van der Waals surface area contributed by atoms with Gasteiger partial charge in [-0.05, 0) is 41.5 Å². The van der Waals surface area contributed by atoms with Crippen LogP contribution in [0.1, 0.15) is 21.5 Å².